The first-order chi connectivity index (χ1) is 12.9. The van der Waals surface area contributed by atoms with Gasteiger partial charge in [0.15, 0.2) is 0 Å². The van der Waals surface area contributed by atoms with E-state index in [4.69, 9.17) is 0 Å². The molecule has 1 aliphatic heterocycles. The van der Waals surface area contributed by atoms with Crippen LogP contribution in [0, 0.1) is 12.8 Å². The number of piperidine rings is 1. The highest BCUT2D eigenvalue weighted by molar-refractivity contribution is 5.97. The Morgan fingerprint density at radius 2 is 1.67 bits per heavy atom. The number of benzene rings is 1. The third-order valence-electron chi connectivity index (χ3n) is 5.40. The number of nitrogens with zero attached hydrogens (tertiary/aromatic N) is 2. The number of carbonyl (C=O) groups excluding carboxylic acids is 3. The second-order valence-electron chi connectivity index (χ2n) is 7.17. The van der Waals surface area contributed by atoms with Gasteiger partial charge in [0, 0.05) is 38.7 Å². The van der Waals surface area contributed by atoms with Gasteiger partial charge < -0.3 is 15.1 Å². The standard InChI is InChI=1S/C21H31N3O3/c1-5-23(6-2)21(27)19(17-11-13-24(14-12-17)16(4)25)22-20(26)18-9-7-15(3)8-10-18/h7-10,17,19H,5-6,11-14H2,1-4H3,(H,22,26). The molecule has 1 aliphatic rings. The zero-order valence-electron chi connectivity index (χ0n) is 16.8. The summed E-state index contributed by atoms with van der Waals surface area (Å²) in [5.74, 6) is -0.178. The summed E-state index contributed by atoms with van der Waals surface area (Å²) in [6.07, 6.45) is 1.43. The number of hydrogen-bond donors (Lipinski definition) is 1. The van der Waals surface area contributed by atoms with E-state index in [1.165, 1.54) is 0 Å². The Morgan fingerprint density at radius 3 is 2.15 bits per heavy atom. The van der Waals surface area contributed by atoms with Gasteiger partial charge in [0.2, 0.25) is 11.8 Å². The normalized spacial score (nSPS) is 15.9. The Morgan fingerprint density at radius 1 is 1.11 bits per heavy atom. The Balaban J connectivity index is 2.17. The van der Waals surface area contributed by atoms with Crippen molar-refractivity contribution in [2.24, 2.45) is 5.92 Å². The Kier molecular flexibility index (Phi) is 7.39. The van der Waals surface area contributed by atoms with E-state index >= 15 is 0 Å². The minimum atomic E-state index is -0.562. The summed E-state index contributed by atoms with van der Waals surface area (Å²) in [6, 6.07) is 6.78. The largest absolute Gasteiger partial charge is 0.343 e. The van der Waals surface area contributed by atoms with Gasteiger partial charge in [-0.05, 0) is 51.7 Å². The molecule has 1 unspecified atom stereocenters. The van der Waals surface area contributed by atoms with Gasteiger partial charge in [-0.3, -0.25) is 14.4 Å². The van der Waals surface area contributed by atoms with E-state index in [0.717, 1.165) is 5.56 Å². The number of aryl methyl sites for hydroxylation is 1. The number of hydrogen-bond acceptors (Lipinski definition) is 3. The zero-order valence-corrected chi connectivity index (χ0v) is 16.8. The van der Waals surface area contributed by atoms with Crippen molar-refractivity contribution in [3.63, 3.8) is 0 Å². The van der Waals surface area contributed by atoms with Gasteiger partial charge in [-0.15, -0.1) is 0 Å². The molecule has 3 amide bonds. The molecule has 1 atom stereocenters. The summed E-state index contributed by atoms with van der Waals surface area (Å²) in [5, 5.41) is 2.98. The van der Waals surface area contributed by atoms with Gasteiger partial charge in [-0.1, -0.05) is 17.7 Å². The van der Waals surface area contributed by atoms with Crippen molar-refractivity contribution in [2.75, 3.05) is 26.2 Å². The Hall–Kier alpha value is -2.37. The number of amides is 3. The third kappa shape index (κ3) is 5.31. The van der Waals surface area contributed by atoms with Crippen molar-refractivity contribution in [3.8, 4) is 0 Å². The average Bonchev–Trinajstić information content (AvgIpc) is 2.67. The molecule has 2 rings (SSSR count). The summed E-state index contributed by atoms with van der Waals surface area (Å²) in [4.78, 5) is 41.0. The smallest absolute Gasteiger partial charge is 0.251 e. The van der Waals surface area contributed by atoms with Gasteiger partial charge in [-0.2, -0.15) is 0 Å². The molecule has 0 saturated carbocycles. The molecule has 6 heteroatoms. The molecule has 148 valence electrons. The Bertz CT molecular complexity index is 660. The zero-order chi connectivity index (χ0) is 20.0. The van der Waals surface area contributed by atoms with Crippen molar-refractivity contribution >= 4 is 17.7 Å². The van der Waals surface area contributed by atoms with E-state index in [2.05, 4.69) is 5.32 Å². The minimum absolute atomic E-state index is 0.0306. The van der Waals surface area contributed by atoms with Crippen LogP contribution in [0.5, 0.6) is 0 Å². The molecular weight excluding hydrogens is 342 g/mol. The molecule has 1 aromatic rings. The molecule has 1 N–H and O–H groups in total. The molecule has 0 bridgehead atoms. The first-order valence-corrected chi connectivity index (χ1v) is 9.79. The molecule has 1 aromatic carbocycles. The van der Waals surface area contributed by atoms with E-state index < -0.39 is 6.04 Å². The van der Waals surface area contributed by atoms with Gasteiger partial charge in [0.05, 0.1) is 0 Å². The van der Waals surface area contributed by atoms with Crippen LogP contribution < -0.4 is 5.32 Å². The predicted molar refractivity (Wildman–Crippen MR) is 105 cm³/mol. The van der Waals surface area contributed by atoms with Gasteiger partial charge in [0.25, 0.3) is 5.91 Å². The van der Waals surface area contributed by atoms with Crippen molar-refractivity contribution in [1.82, 2.24) is 15.1 Å². The van der Waals surface area contributed by atoms with Crippen LogP contribution in [0.15, 0.2) is 24.3 Å². The van der Waals surface area contributed by atoms with E-state index in [0.29, 0.717) is 44.6 Å². The van der Waals surface area contributed by atoms with Crippen LogP contribution in [-0.2, 0) is 9.59 Å². The fourth-order valence-corrected chi connectivity index (χ4v) is 3.59. The van der Waals surface area contributed by atoms with E-state index in [1.54, 1.807) is 28.9 Å². The molecule has 0 aromatic heterocycles. The molecule has 0 spiro atoms. The second-order valence-corrected chi connectivity index (χ2v) is 7.17. The van der Waals surface area contributed by atoms with Crippen molar-refractivity contribution in [1.29, 1.82) is 0 Å². The minimum Gasteiger partial charge on any atom is -0.343 e. The van der Waals surface area contributed by atoms with Gasteiger partial charge in [-0.25, -0.2) is 0 Å². The lowest BCUT2D eigenvalue weighted by atomic mass is 9.88. The molecule has 1 heterocycles. The van der Waals surface area contributed by atoms with Gasteiger partial charge >= 0.3 is 0 Å². The van der Waals surface area contributed by atoms with Crippen LogP contribution in [0.25, 0.3) is 0 Å². The molecule has 6 nitrogen and oxygen atoms in total. The molecule has 27 heavy (non-hydrogen) atoms. The van der Waals surface area contributed by atoms with Crippen LogP contribution in [0.3, 0.4) is 0 Å². The van der Waals surface area contributed by atoms with Crippen LogP contribution in [0.1, 0.15) is 49.5 Å². The first kappa shape index (κ1) is 20.9. The number of carbonyl (C=O) groups is 3. The second kappa shape index (κ2) is 9.53. The average molecular weight is 373 g/mol. The maximum absolute atomic E-state index is 13.1. The summed E-state index contributed by atoms with van der Waals surface area (Å²) in [6.45, 7) is 9.90. The lowest BCUT2D eigenvalue weighted by Crippen LogP contribution is -2.54. The third-order valence-corrected chi connectivity index (χ3v) is 5.40. The topological polar surface area (TPSA) is 69.7 Å². The van der Waals surface area contributed by atoms with Crippen molar-refractivity contribution in [3.05, 3.63) is 35.4 Å². The van der Waals surface area contributed by atoms with Crippen LogP contribution in [0.2, 0.25) is 0 Å². The van der Waals surface area contributed by atoms with E-state index in [1.807, 2.05) is 32.9 Å². The SMILES string of the molecule is CCN(CC)C(=O)C(NC(=O)c1ccc(C)cc1)C1CCN(C(C)=O)CC1. The monoisotopic (exact) mass is 373 g/mol. The molecule has 0 radical (unpaired) electrons. The quantitative estimate of drug-likeness (QED) is 0.831. The summed E-state index contributed by atoms with van der Waals surface area (Å²) in [5.41, 5.74) is 1.64. The first-order valence-electron chi connectivity index (χ1n) is 9.79. The summed E-state index contributed by atoms with van der Waals surface area (Å²) in [7, 11) is 0. The molecule has 1 fully saturated rings. The van der Waals surface area contributed by atoms with Crippen molar-refractivity contribution < 1.29 is 14.4 Å². The lowest BCUT2D eigenvalue weighted by molar-refractivity contribution is -0.135. The van der Waals surface area contributed by atoms with Crippen LogP contribution in [-0.4, -0.2) is 59.7 Å². The number of nitrogens with one attached hydrogen (secondary N) is 1. The fraction of sp³-hybridized carbons (Fsp3) is 0.571. The fourth-order valence-electron chi connectivity index (χ4n) is 3.59. The van der Waals surface area contributed by atoms with E-state index in [-0.39, 0.29) is 23.6 Å². The van der Waals surface area contributed by atoms with Gasteiger partial charge in [0.1, 0.15) is 6.04 Å². The summed E-state index contributed by atoms with van der Waals surface area (Å²) >= 11 is 0. The number of likely N-dealkylation sites (N-methyl/N-ethyl adjacent to an activating group) is 1. The van der Waals surface area contributed by atoms with Crippen LogP contribution in [0.4, 0.5) is 0 Å². The molecular formula is C21H31N3O3. The highest BCUT2D eigenvalue weighted by Gasteiger charge is 2.35. The van der Waals surface area contributed by atoms with Crippen molar-refractivity contribution in [2.45, 2.75) is 46.6 Å². The number of rotatable bonds is 6. The Labute approximate surface area is 161 Å². The van der Waals surface area contributed by atoms with E-state index in [9.17, 15) is 14.4 Å². The predicted octanol–water partition coefficient (Wildman–Crippen LogP) is 2.22. The van der Waals surface area contributed by atoms with Crippen LogP contribution >= 0.6 is 0 Å². The molecule has 0 aliphatic carbocycles. The maximum Gasteiger partial charge on any atom is 0.251 e. The summed E-state index contributed by atoms with van der Waals surface area (Å²) < 4.78 is 0. The highest BCUT2D eigenvalue weighted by Crippen LogP contribution is 2.23. The lowest BCUT2D eigenvalue weighted by Gasteiger charge is -2.37. The maximum atomic E-state index is 13.1. The highest BCUT2D eigenvalue weighted by atomic mass is 16.2. The molecule has 1 saturated heterocycles. The number of likely N-dealkylation sites (tertiary alicyclic amines) is 1.